The maximum absolute atomic E-state index is 13.0. The van der Waals surface area contributed by atoms with E-state index in [4.69, 9.17) is 5.73 Å². The van der Waals surface area contributed by atoms with Crippen LogP contribution in [-0.4, -0.2) is 55.2 Å². The predicted octanol–water partition coefficient (Wildman–Crippen LogP) is 0.200. The van der Waals surface area contributed by atoms with Crippen molar-refractivity contribution in [2.24, 2.45) is 11.7 Å². The third-order valence-electron chi connectivity index (χ3n) is 3.08. The number of nitrogens with two attached hydrogens (primary N) is 1. The van der Waals surface area contributed by atoms with Gasteiger partial charge in [-0.3, -0.25) is 9.59 Å². The number of carbonyl (C=O) groups excluding carboxylic acids is 2. The first-order valence-corrected chi connectivity index (χ1v) is 6.23. The van der Waals surface area contributed by atoms with E-state index in [-0.39, 0.29) is 26.2 Å². The van der Waals surface area contributed by atoms with Crippen LogP contribution in [0.15, 0.2) is 0 Å². The molecule has 1 unspecified atom stereocenters. The smallest absolute Gasteiger partial charge is 0.355 e. The molecular weight excluding hydrogens is 282 g/mol. The third kappa shape index (κ3) is 3.81. The minimum absolute atomic E-state index is 0.0538. The van der Waals surface area contributed by atoms with Crippen molar-refractivity contribution in [2.45, 2.75) is 25.2 Å². The van der Waals surface area contributed by atoms with Crippen LogP contribution < -0.4 is 11.1 Å². The zero-order valence-electron chi connectivity index (χ0n) is 10.8. The highest BCUT2D eigenvalue weighted by atomic mass is 19.3. The van der Waals surface area contributed by atoms with Crippen LogP contribution in [0.3, 0.4) is 0 Å². The number of hydrogen-bond acceptors (Lipinski definition) is 3. The Labute approximate surface area is 113 Å². The van der Waals surface area contributed by atoms with Crippen LogP contribution in [0.25, 0.3) is 0 Å². The van der Waals surface area contributed by atoms with E-state index < -0.39 is 30.1 Å². The second kappa shape index (κ2) is 6.87. The SMILES string of the molecule is NCCNC(=O)C1CCCN(C(=O)C(F)(F)C(F)F)C1. The van der Waals surface area contributed by atoms with Crippen molar-refractivity contribution in [3.05, 3.63) is 0 Å². The Morgan fingerprint density at radius 2 is 2.05 bits per heavy atom. The van der Waals surface area contributed by atoms with E-state index >= 15 is 0 Å². The first-order valence-electron chi connectivity index (χ1n) is 6.23. The lowest BCUT2D eigenvalue weighted by atomic mass is 9.96. The Hall–Kier alpha value is -1.38. The molecule has 0 aromatic carbocycles. The van der Waals surface area contributed by atoms with E-state index in [1.165, 1.54) is 0 Å². The first kappa shape index (κ1) is 16.7. The van der Waals surface area contributed by atoms with Crippen LogP contribution in [0, 0.1) is 5.92 Å². The average molecular weight is 299 g/mol. The van der Waals surface area contributed by atoms with Crippen LogP contribution in [-0.2, 0) is 9.59 Å². The van der Waals surface area contributed by atoms with Crippen LogP contribution in [0.5, 0.6) is 0 Å². The Morgan fingerprint density at radius 1 is 1.40 bits per heavy atom. The summed E-state index contributed by atoms with van der Waals surface area (Å²) < 4.78 is 50.3. The van der Waals surface area contributed by atoms with Crippen LogP contribution in [0.2, 0.25) is 0 Å². The monoisotopic (exact) mass is 299 g/mol. The molecule has 9 heteroatoms. The molecule has 116 valence electrons. The molecule has 0 radical (unpaired) electrons. The van der Waals surface area contributed by atoms with Crippen molar-refractivity contribution >= 4 is 11.8 Å². The molecule has 20 heavy (non-hydrogen) atoms. The number of alkyl halides is 4. The summed E-state index contributed by atoms with van der Waals surface area (Å²) in [5.41, 5.74) is 5.21. The van der Waals surface area contributed by atoms with Crippen LogP contribution >= 0.6 is 0 Å². The van der Waals surface area contributed by atoms with E-state index in [1.807, 2.05) is 0 Å². The van der Waals surface area contributed by atoms with Gasteiger partial charge in [-0.2, -0.15) is 8.78 Å². The van der Waals surface area contributed by atoms with E-state index in [1.54, 1.807) is 0 Å². The zero-order chi connectivity index (χ0) is 15.3. The number of amides is 2. The van der Waals surface area contributed by atoms with Gasteiger partial charge >= 0.3 is 12.3 Å². The minimum atomic E-state index is -4.71. The van der Waals surface area contributed by atoms with Gasteiger partial charge in [0.2, 0.25) is 5.91 Å². The van der Waals surface area contributed by atoms with Crippen molar-refractivity contribution in [2.75, 3.05) is 26.2 Å². The molecule has 2 amide bonds. The number of halogens is 4. The Morgan fingerprint density at radius 3 is 2.60 bits per heavy atom. The molecule has 0 aromatic heterocycles. The highest BCUT2D eigenvalue weighted by Gasteiger charge is 2.51. The lowest BCUT2D eigenvalue weighted by molar-refractivity contribution is -0.182. The summed E-state index contributed by atoms with van der Waals surface area (Å²) >= 11 is 0. The van der Waals surface area contributed by atoms with Gasteiger partial charge in [-0.1, -0.05) is 0 Å². The molecule has 5 nitrogen and oxygen atoms in total. The van der Waals surface area contributed by atoms with E-state index in [0.717, 1.165) is 0 Å². The summed E-state index contributed by atoms with van der Waals surface area (Å²) in [7, 11) is 0. The van der Waals surface area contributed by atoms with Crippen molar-refractivity contribution in [3.8, 4) is 0 Å². The molecule has 1 saturated heterocycles. The van der Waals surface area contributed by atoms with E-state index in [2.05, 4.69) is 5.32 Å². The topological polar surface area (TPSA) is 75.4 Å². The fraction of sp³-hybridized carbons (Fsp3) is 0.818. The maximum Gasteiger partial charge on any atom is 0.383 e. The van der Waals surface area contributed by atoms with Crippen molar-refractivity contribution < 1.29 is 27.2 Å². The summed E-state index contributed by atoms with van der Waals surface area (Å²) in [4.78, 5) is 23.7. The highest BCUT2D eigenvalue weighted by molar-refractivity contribution is 5.85. The Bertz CT molecular complexity index is 366. The molecule has 1 fully saturated rings. The van der Waals surface area contributed by atoms with Crippen molar-refractivity contribution in [3.63, 3.8) is 0 Å². The summed E-state index contributed by atoms with van der Waals surface area (Å²) in [5, 5.41) is 2.49. The fourth-order valence-corrected chi connectivity index (χ4v) is 2.02. The molecule has 1 aliphatic heterocycles. The van der Waals surface area contributed by atoms with Gasteiger partial charge in [0.15, 0.2) is 0 Å². The molecule has 0 saturated carbocycles. The molecule has 1 heterocycles. The van der Waals surface area contributed by atoms with Crippen molar-refractivity contribution in [1.29, 1.82) is 0 Å². The summed E-state index contributed by atoms with van der Waals surface area (Å²) in [5.74, 6) is -7.72. The minimum Gasteiger partial charge on any atom is -0.355 e. The number of likely N-dealkylation sites (tertiary alicyclic amines) is 1. The number of rotatable bonds is 5. The van der Waals surface area contributed by atoms with Gasteiger partial charge < -0.3 is 16.0 Å². The number of piperidine rings is 1. The number of nitrogens with one attached hydrogen (secondary N) is 1. The second-order valence-electron chi connectivity index (χ2n) is 4.59. The van der Waals surface area contributed by atoms with E-state index in [0.29, 0.717) is 17.7 Å². The lowest BCUT2D eigenvalue weighted by Crippen LogP contribution is -2.53. The largest absolute Gasteiger partial charge is 0.383 e. The summed E-state index contributed by atoms with van der Waals surface area (Å²) in [6.07, 6.45) is -3.33. The number of carbonyl (C=O) groups is 2. The maximum atomic E-state index is 13.0. The number of hydrogen-bond donors (Lipinski definition) is 2. The molecule has 0 spiro atoms. The standard InChI is InChI=1S/C11H17F4N3O2/c12-9(13)11(14,15)10(20)18-5-1-2-7(6-18)8(19)17-4-3-16/h7,9H,1-6,16H2,(H,17,19). The van der Waals surface area contributed by atoms with Gasteiger partial charge in [-0.15, -0.1) is 0 Å². The van der Waals surface area contributed by atoms with Crippen LogP contribution in [0.1, 0.15) is 12.8 Å². The predicted molar refractivity (Wildman–Crippen MR) is 62.3 cm³/mol. The molecular formula is C11H17F4N3O2. The molecule has 3 N–H and O–H groups in total. The molecule has 0 aromatic rings. The quantitative estimate of drug-likeness (QED) is 0.712. The second-order valence-corrected chi connectivity index (χ2v) is 4.59. The fourth-order valence-electron chi connectivity index (χ4n) is 2.02. The lowest BCUT2D eigenvalue weighted by Gasteiger charge is -2.33. The summed E-state index contributed by atoms with van der Waals surface area (Å²) in [6.45, 7) is 0.125. The van der Waals surface area contributed by atoms with Crippen LogP contribution in [0.4, 0.5) is 17.6 Å². The average Bonchev–Trinajstić information content (AvgIpc) is 2.43. The molecule has 1 rings (SSSR count). The van der Waals surface area contributed by atoms with Gasteiger partial charge in [0.05, 0.1) is 5.92 Å². The Kier molecular flexibility index (Phi) is 5.73. The highest BCUT2D eigenvalue weighted by Crippen LogP contribution is 2.28. The van der Waals surface area contributed by atoms with Gasteiger partial charge in [0.25, 0.3) is 5.91 Å². The van der Waals surface area contributed by atoms with Gasteiger partial charge in [0, 0.05) is 26.2 Å². The molecule has 0 bridgehead atoms. The molecule has 1 atom stereocenters. The first-order chi connectivity index (χ1) is 9.30. The van der Waals surface area contributed by atoms with Gasteiger partial charge in [0.1, 0.15) is 0 Å². The van der Waals surface area contributed by atoms with Gasteiger partial charge in [-0.25, -0.2) is 8.78 Å². The van der Waals surface area contributed by atoms with Crippen molar-refractivity contribution in [1.82, 2.24) is 10.2 Å². The number of nitrogens with zero attached hydrogens (tertiary/aromatic N) is 1. The molecule has 1 aliphatic rings. The normalized spacial score (nSPS) is 20.1. The molecule has 0 aliphatic carbocycles. The Balaban J connectivity index is 2.65. The zero-order valence-corrected chi connectivity index (χ0v) is 10.8. The van der Waals surface area contributed by atoms with Gasteiger partial charge in [-0.05, 0) is 12.8 Å². The third-order valence-corrected chi connectivity index (χ3v) is 3.08. The van der Waals surface area contributed by atoms with E-state index in [9.17, 15) is 27.2 Å². The summed E-state index contributed by atoms with van der Waals surface area (Å²) in [6, 6.07) is 0.